The van der Waals surface area contributed by atoms with Gasteiger partial charge in [-0.15, -0.1) is 0 Å². The number of nitrogens with zero attached hydrogens (tertiary/aromatic N) is 1. The van der Waals surface area contributed by atoms with Crippen LogP contribution in [-0.4, -0.2) is 5.91 Å². The second-order valence-corrected chi connectivity index (χ2v) is 5.77. The maximum atomic E-state index is 13.2. The van der Waals surface area contributed by atoms with E-state index in [1.165, 1.54) is 18.2 Å². The molecule has 0 aliphatic rings. The van der Waals surface area contributed by atoms with Crippen LogP contribution in [0.4, 0.5) is 10.1 Å². The molecule has 122 valence electrons. The second-order valence-electron chi connectivity index (χ2n) is 5.36. The fraction of sp³-hybridized carbons (Fsp3) is 0. The molecule has 0 unspecified atom stereocenters. The molecule has 0 radical (unpaired) electrons. The lowest BCUT2D eigenvalue weighted by atomic mass is 10.0. The molecule has 5 heteroatoms. The smallest absolute Gasteiger partial charge is 0.266 e. The third kappa shape index (κ3) is 3.85. The summed E-state index contributed by atoms with van der Waals surface area (Å²) < 4.78 is 13.2. The van der Waals surface area contributed by atoms with Gasteiger partial charge in [-0.1, -0.05) is 48.0 Å². The fourth-order valence-corrected chi connectivity index (χ4v) is 2.57. The monoisotopic (exact) mass is 350 g/mol. The third-order valence-electron chi connectivity index (χ3n) is 3.63. The van der Waals surface area contributed by atoms with Crippen molar-refractivity contribution in [3.8, 4) is 6.07 Å². The van der Waals surface area contributed by atoms with E-state index in [-0.39, 0.29) is 10.6 Å². The van der Waals surface area contributed by atoms with Crippen LogP contribution < -0.4 is 5.32 Å². The van der Waals surface area contributed by atoms with E-state index < -0.39 is 11.7 Å². The van der Waals surface area contributed by atoms with E-state index in [1.54, 1.807) is 0 Å². The number of amides is 1. The summed E-state index contributed by atoms with van der Waals surface area (Å²) in [6, 6.07) is 19.2. The molecule has 3 nitrogen and oxygen atoms in total. The van der Waals surface area contributed by atoms with Crippen molar-refractivity contribution in [2.75, 3.05) is 5.32 Å². The number of nitrogens with one attached hydrogen (secondary N) is 1. The Morgan fingerprint density at radius 2 is 1.84 bits per heavy atom. The highest BCUT2D eigenvalue weighted by Gasteiger charge is 2.11. The van der Waals surface area contributed by atoms with Crippen LogP contribution in [0, 0.1) is 17.1 Å². The molecule has 0 fully saturated rings. The first-order valence-electron chi connectivity index (χ1n) is 7.44. The van der Waals surface area contributed by atoms with Crippen LogP contribution in [-0.2, 0) is 4.79 Å². The lowest BCUT2D eigenvalue weighted by molar-refractivity contribution is -0.112. The predicted octanol–water partition coefficient (Wildman–Crippen LogP) is 5.18. The Kier molecular flexibility index (Phi) is 4.78. The van der Waals surface area contributed by atoms with E-state index in [0.717, 1.165) is 22.4 Å². The molecule has 3 aromatic carbocycles. The molecule has 3 rings (SSSR count). The van der Waals surface area contributed by atoms with Gasteiger partial charge < -0.3 is 5.32 Å². The lowest BCUT2D eigenvalue weighted by Crippen LogP contribution is -2.13. The van der Waals surface area contributed by atoms with Gasteiger partial charge >= 0.3 is 0 Å². The van der Waals surface area contributed by atoms with Crippen molar-refractivity contribution in [1.29, 1.82) is 5.26 Å². The van der Waals surface area contributed by atoms with Crippen molar-refractivity contribution >= 4 is 40.0 Å². The van der Waals surface area contributed by atoms with Gasteiger partial charge in [0.05, 0.1) is 5.02 Å². The van der Waals surface area contributed by atoms with E-state index in [4.69, 9.17) is 11.6 Å². The highest BCUT2D eigenvalue weighted by molar-refractivity contribution is 6.31. The van der Waals surface area contributed by atoms with E-state index in [1.807, 2.05) is 48.5 Å². The van der Waals surface area contributed by atoms with Gasteiger partial charge in [-0.25, -0.2) is 4.39 Å². The molecule has 1 amide bonds. The number of fused-ring (bicyclic) bond motifs is 1. The van der Waals surface area contributed by atoms with Crippen molar-refractivity contribution in [3.63, 3.8) is 0 Å². The first kappa shape index (κ1) is 16.7. The Balaban J connectivity index is 1.86. The first-order valence-corrected chi connectivity index (χ1v) is 7.81. The topological polar surface area (TPSA) is 52.9 Å². The minimum atomic E-state index is -0.585. The number of carbonyl (C=O) groups excluding carboxylic acids is 1. The zero-order valence-electron chi connectivity index (χ0n) is 13.0. The molecule has 3 aromatic rings. The Labute approximate surface area is 149 Å². The Hall–Kier alpha value is -3.16. The normalized spacial score (nSPS) is 11.2. The SMILES string of the molecule is N#C/C(=C\c1ccc2ccccc2c1)C(=O)Nc1ccc(F)c(Cl)c1. The zero-order chi connectivity index (χ0) is 17.8. The maximum absolute atomic E-state index is 13.2. The number of carbonyl (C=O) groups is 1. The summed E-state index contributed by atoms with van der Waals surface area (Å²) in [5, 5.41) is 13.8. The van der Waals surface area contributed by atoms with Gasteiger partial charge in [-0.2, -0.15) is 5.26 Å². The molecule has 0 saturated carbocycles. The van der Waals surface area contributed by atoms with Crippen molar-refractivity contribution in [1.82, 2.24) is 0 Å². The molecule has 0 aliphatic carbocycles. The number of rotatable bonds is 3. The molecular formula is C20H12ClFN2O. The molecule has 0 spiro atoms. The second kappa shape index (κ2) is 7.16. The van der Waals surface area contributed by atoms with Gasteiger partial charge in [0.2, 0.25) is 0 Å². The molecular weight excluding hydrogens is 339 g/mol. The van der Waals surface area contributed by atoms with Crippen LogP contribution in [0.1, 0.15) is 5.56 Å². The Morgan fingerprint density at radius 3 is 2.56 bits per heavy atom. The molecule has 0 aliphatic heterocycles. The minimum Gasteiger partial charge on any atom is -0.321 e. The van der Waals surface area contributed by atoms with Crippen LogP contribution in [0.15, 0.2) is 66.2 Å². The summed E-state index contributed by atoms with van der Waals surface area (Å²) in [6.45, 7) is 0. The Bertz CT molecular complexity index is 1040. The van der Waals surface area contributed by atoms with Crippen LogP contribution >= 0.6 is 11.6 Å². The average Bonchev–Trinajstić information content (AvgIpc) is 2.62. The number of halogens is 2. The van der Waals surface area contributed by atoms with Crippen LogP contribution in [0.5, 0.6) is 0 Å². The van der Waals surface area contributed by atoms with Gasteiger partial charge in [-0.3, -0.25) is 4.79 Å². The molecule has 25 heavy (non-hydrogen) atoms. The lowest BCUT2D eigenvalue weighted by Gasteiger charge is -2.05. The predicted molar refractivity (Wildman–Crippen MR) is 97.6 cm³/mol. The van der Waals surface area contributed by atoms with Gasteiger partial charge in [0, 0.05) is 5.69 Å². The molecule has 1 N–H and O–H groups in total. The zero-order valence-corrected chi connectivity index (χ0v) is 13.7. The standard InChI is InChI=1S/C20H12ClFN2O/c21-18-11-17(7-8-19(18)22)24-20(25)16(12-23)10-13-5-6-14-3-1-2-4-15(14)9-13/h1-11H,(H,24,25)/b16-10+. The molecule has 0 atom stereocenters. The Morgan fingerprint density at radius 1 is 1.08 bits per heavy atom. The van der Waals surface area contributed by atoms with E-state index in [0.29, 0.717) is 5.69 Å². The van der Waals surface area contributed by atoms with Crippen LogP contribution in [0.3, 0.4) is 0 Å². The van der Waals surface area contributed by atoms with Gasteiger partial charge in [0.1, 0.15) is 17.5 Å². The average molecular weight is 351 g/mol. The first-order chi connectivity index (χ1) is 12.1. The molecule has 0 saturated heterocycles. The van der Waals surface area contributed by atoms with Gasteiger partial charge in [0.15, 0.2) is 0 Å². The summed E-state index contributed by atoms with van der Waals surface area (Å²) in [4.78, 5) is 12.3. The van der Waals surface area contributed by atoms with E-state index in [9.17, 15) is 14.4 Å². The van der Waals surface area contributed by atoms with E-state index >= 15 is 0 Å². The number of hydrogen-bond donors (Lipinski definition) is 1. The number of hydrogen-bond acceptors (Lipinski definition) is 2. The van der Waals surface area contributed by atoms with Crippen molar-refractivity contribution < 1.29 is 9.18 Å². The number of anilines is 1. The van der Waals surface area contributed by atoms with Gasteiger partial charge in [-0.05, 0) is 46.7 Å². The van der Waals surface area contributed by atoms with Crippen LogP contribution in [0.2, 0.25) is 5.02 Å². The fourth-order valence-electron chi connectivity index (χ4n) is 2.39. The number of nitriles is 1. The largest absolute Gasteiger partial charge is 0.321 e. The molecule has 0 heterocycles. The summed E-state index contributed by atoms with van der Waals surface area (Å²) >= 11 is 5.69. The highest BCUT2D eigenvalue weighted by atomic mass is 35.5. The summed E-state index contributed by atoms with van der Waals surface area (Å²) in [7, 11) is 0. The van der Waals surface area contributed by atoms with Crippen LogP contribution in [0.25, 0.3) is 16.8 Å². The van der Waals surface area contributed by atoms with E-state index in [2.05, 4.69) is 5.32 Å². The highest BCUT2D eigenvalue weighted by Crippen LogP contribution is 2.21. The van der Waals surface area contributed by atoms with Crippen molar-refractivity contribution in [2.24, 2.45) is 0 Å². The van der Waals surface area contributed by atoms with Crippen molar-refractivity contribution in [3.05, 3.63) is 82.6 Å². The van der Waals surface area contributed by atoms with Crippen molar-refractivity contribution in [2.45, 2.75) is 0 Å². The summed E-state index contributed by atoms with van der Waals surface area (Å²) in [6.07, 6.45) is 1.51. The maximum Gasteiger partial charge on any atom is 0.266 e. The minimum absolute atomic E-state index is 0.0595. The third-order valence-corrected chi connectivity index (χ3v) is 3.92. The number of benzene rings is 3. The quantitative estimate of drug-likeness (QED) is 0.522. The molecule has 0 bridgehead atoms. The summed E-state index contributed by atoms with van der Waals surface area (Å²) in [5.74, 6) is -1.16. The molecule has 0 aromatic heterocycles. The summed E-state index contributed by atoms with van der Waals surface area (Å²) in [5.41, 5.74) is 0.995. The van der Waals surface area contributed by atoms with Gasteiger partial charge in [0.25, 0.3) is 5.91 Å².